The van der Waals surface area contributed by atoms with Gasteiger partial charge in [0.1, 0.15) is 5.69 Å². The van der Waals surface area contributed by atoms with Gasteiger partial charge in [0.05, 0.1) is 84.4 Å². The van der Waals surface area contributed by atoms with Gasteiger partial charge in [-0.25, -0.2) is 4.68 Å². The maximum atomic E-state index is 11.8. The molecule has 1 atom stereocenters. The first-order chi connectivity index (χ1) is 18.6. The Bertz CT molecular complexity index is 799. The molecule has 2 N–H and O–H groups in total. The van der Waals surface area contributed by atoms with Gasteiger partial charge in [-0.3, -0.25) is 9.36 Å². The number of rotatable bonds is 25. The molecule has 0 saturated carbocycles. The number of ether oxygens (including phenoxy) is 5. The van der Waals surface area contributed by atoms with Crippen LogP contribution in [-0.4, -0.2) is 105 Å². The third-order valence-corrected chi connectivity index (χ3v) is 5.83. The number of carbonyl (C=O) groups excluding carboxylic acids is 1. The highest BCUT2D eigenvalue weighted by atomic mass is 31.2. The van der Waals surface area contributed by atoms with Gasteiger partial charge in [-0.1, -0.05) is 18.1 Å². The Kier molecular flexibility index (Phi) is 19.5. The zero-order valence-corrected chi connectivity index (χ0v) is 25.0. The smallest absolute Gasteiger partial charge is 0.325 e. The maximum absolute atomic E-state index is 11.8. The normalized spacial score (nSPS) is 13.5. The van der Waals surface area contributed by atoms with Crippen LogP contribution in [0.2, 0.25) is 0 Å². The molecule has 0 fully saturated rings. The number of nitrogens with one attached hydrogen (secondary N) is 1. The van der Waals surface area contributed by atoms with Gasteiger partial charge < -0.3 is 38.4 Å². The molecule has 0 aliphatic carbocycles. The molecule has 1 heterocycles. The lowest BCUT2D eigenvalue weighted by Crippen LogP contribution is -2.25. The number of aromatic nitrogens is 3. The van der Waals surface area contributed by atoms with Crippen molar-refractivity contribution in [2.45, 2.75) is 65.0 Å². The van der Waals surface area contributed by atoms with Crippen molar-refractivity contribution in [2.75, 3.05) is 79.3 Å². The van der Waals surface area contributed by atoms with E-state index in [0.717, 1.165) is 31.4 Å². The van der Waals surface area contributed by atoms with Crippen molar-refractivity contribution in [1.29, 1.82) is 0 Å². The molecule has 1 unspecified atom stereocenters. The van der Waals surface area contributed by atoms with Crippen LogP contribution in [0.15, 0.2) is 6.20 Å². The van der Waals surface area contributed by atoms with Gasteiger partial charge in [0, 0.05) is 19.6 Å². The summed E-state index contributed by atoms with van der Waals surface area (Å²) in [6.45, 7) is 12.7. The molecule has 0 aliphatic heterocycles. The topological polar surface area (TPSA) is 152 Å². The molecule has 1 rings (SSSR count). The van der Waals surface area contributed by atoms with Crippen molar-refractivity contribution in [3.63, 3.8) is 0 Å². The zero-order chi connectivity index (χ0) is 28.8. The average Bonchev–Trinajstić information content (AvgIpc) is 3.34. The molecule has 0 aromatic carbocycles. The first-order valence-corrected chi connectivity index (χ1v) is 15.6. The monoisotopic (exact) mass is 580 g/mol. The number of unbranched alkanes of at least 4 members (excludes halogenated alkanes) is 3. The van der Waals surface area contributed by atoms with Gasteiger partial charge in [-0.05, 0) is 33.6 Å². The van der Waals surface area contributed by atoms with Crippen LogP contribution in [0.25, 0.3) is 0 Å². The SMILES string of the molecule is CC(C)(C)n1cc(COCCOCCOCCOCCOCCC(=O)NCCCCCCOP(C)(=O)O)nn1. The molecule has 14 heteroatoms. The van der Waals surface area contributed by atoms with Crippen LogP contribution in [0.1, 0.15) is 58.6 Å². The van der Waals surface area contributed by atoms with E-state index in [9.17, 15) is 9.36 Å². The standard InChI is InChI=1S/C25H49N4O9P/c1-25(2,3)29-21-23(27-28-29)22-37-20-19-36-18-17-35-16-15-34-14-13-33-12-9-24(30)26-10-7-5-6-8-11-38-39(4,31)32/h21H,5-20,22H2,1-4H3,(H,26,30)(H,31,32). The van der Waals surface area contributed by atoms with Gasteiger partial charge in [0.2, 0.25) is 5.91 Å². The quantitative estimate of drug-likeness (QED) is 0.130. The highest BCUT2D eigenvalue weighted by Gasteiger charge is 2.15. The summed E-state index contributed by atoms with van der Waals surface area (Å²) >= 11 is 0. The lowest BCUT2D eigenvalue weighted by atomic mass is 10.1. The van der Waals surface area contributed by atoms with Crippen molar-refractivity contribution < 1.29 is 42.5 Å². The first-order valence-electron chi connectivity index (χ1n) is 13.6. The maximum Gasteiger partial charge on any atom is 0.325 e. The van der Waals surface area contributed by atoms with E-state index in [1.807, 2.05) is 10.9 Å². The summed E-state index contributed by atoms with van der Waals surface area (Å²) in [6, 6.07) is 0. The van der Waals surface area contributed by atoms with Crippen molar-refractivity contribution in [3.8, 4) is 0 Å². The van der Waals surface area contributed by atoms with Crippen molar-refractivity contribution >= 4 is 13.5 Å². The second kappa shape index (κ2) is 21.3. The Hall–Kier alpha value is -1.44. The van der Waals surface area contributed by atoms with Crippen LogP contribution in [0.4, 0.5) is 0 Å². The third-order valence-electron chi connectivity index (χ3n) is 5.16. The third kappa shape index (κ3) is 22.0. The Morgan fingerprint density at radius 3 is 1.95 bits per heavy atom. The molecule has 0 spiro atoms. The Morgan fingerprint density at radius 2 is 1.41 bits per heavy atom. The number of amides is 1. The second-order valence-corrected chi connectivity index (χ2v) is 11.8. The Balaban J connectivity index is 1.76. The fourth-order valence-corrected chi connectivity index (χ4v) is 3.51. The fraction of sp³-hybridized carbons (Fsp3) is 0.880. The van der Waals surface area contributed by atoms with Crippen LogP contribution < -0.4 is 5.32 Å². The minimum atomic E-state index is -3.37. The largest absolute Gasteiger partial charge is 0.379 e. The van der Waals surface area contributed by atoms with E-state index < -0.39 is 7.60 Å². The molecule has 13 nitrogen and oxygen atoms in total. The minimum absolute atomic E-state index is 0.0428. The van der Waals surface area contributed by atoms with E-state index in [1.54, 1.807) is 0 Å². The lowest BCUT2D eigenvalue weighted by Gasteiger charge is -2.17. The molecule has 1 aromatic heterocycles. The lowest BCUT2D eigenvalue weighted by molar-refractivity contribution is -0.122. The Labute approximate surface area is 232 Å². The predicted molar refractivity (Wildman–Crippen MR) is 146 cm³/mol. The molecule has 39 heavy (non-hydrogen) atoms. The summed E-state index contributed by atoms with van der Waals surface area (Å²) in [4.78, 5) is 20.8. The minimum Gasteiger partial charge on any atom is -0.379 e. The zero-order valence-electron chi connectivity index (χ0n) is 24.1. The molecule has 1 aromatic rings. The van der Waals surface area contributed by atoms with E-state index in [0.29, 0.717) is 79.0 Å². The highest BCUT2D eigenvalue weighted by Crippen LogP contribution is 2.36. The number of hydrogen-bond donors (Lipinski definition) is 2. The number of carbonyl (C=O) groups is 1. The summed E-state index contributed by atoms with van der Waals surface area (Å²) in [6.07, 6.45) is 5.59. The first kappa shape index (κ1) is 35.6. The molecule has 0 aliphatic rings. The molecular formula is C25H49N4O9P. The van der Waals surface area contributed by atoms with Gasteiger partial charge in [-0.15, -0.1) is 5.10 Å². The number of nitrogens with zero attached hydrogens (tertiary/aromatic N) is 3. The van der Waals surface area contributed by atoms with E-state index in [2.05, 4.69) is 36.4 Å². The van der Waals surface area contributed by atoms with Crippen molar-refractivity contribution in [1.82, 2.24) is 20.3 Å². The highest BCUT2D eigenvalue weighted by molar-refractivity contribution is 7.51. The second-order valence-electron chi connectivity index (χ2n) is 9.98. The molecular weight excluding hydrogens is 531 g/mol. The van der Waals surface area contributed by atoms with Gasteiger partial charge >= 0.3 is 7.60 Å². The summed E-state index contributed by atoms with van der Waals surface area (Å²) in [5.41, 5.74) is 0.697. The molecule has 0 radical (unpaired) electrons. The van der Waals surface area contributed by atoms with Crippen LogP contribution in [0, 0.1) is 0 Å². The van der Waals surface area contributed by atoms with Gasteiger partial charge in [-0.2, -0.15) is 0 Å². The number of hydrogen-bond acceptors (Lipinski definition) is 10. The fourth-order valence-electron chi connectivity index (χ4n) is 3.04. The van der Waals surface area contributed by atoms with Gasteiger partial charge in [0.25, 0.3) is 0 Å². The Morgan fingerprint density at radius 1 is 0.872 bits per heavy atom. The summed E-state index contributed by atoms with van der Waals surface area (Å²) in [5, 5.41) is 11.1. The molecule has 0 bridgehead atoms. The summed E-state index contributed by atoms with van der Waals surface area (Å²) in [7, 11) is -3.37. The van der Waals surface area contributed by atoms with Crippen LogP contribution in [0.3, 0.4) is 0 Å². The predicted octanol–water partition coefficient (Wildman–Crippen LogP) is 2.51. The van der Waals surface area contributed by atoms with E-state index in [-0.39, 0.29) is 18.1 Å². The van der Waals surface area contributed by atoms with Crippen LogP contribution in [-0.2, 0) is 49.7 Å². The summed E-state index contributed by atoms with van der Waals surface area (Å²) < 4.78 is 44.9. The summed E-state index contributed by atoms with van der Waals surface area (Å²) in [5.74, 6) is -0.0428. The van der Waals surface area contributed by atoms with Gasteiger partial charge in [0.15, 0.2) is 0 Å². The molecule has 1 amide bonds. The molecule has 228 valence electrons. The van der Waals surface area contributed by atoms with Crippen LogP contribution in [0.5, 0.6) is 0 Å². The van der Waals surface area contributed by atoms with E-state index >= 15 is 0 Å². The van der Waals surface area contributed by atoms with E-state index in [4.69, 9.17) is 33.1 Å². The average molecular weight is 581 g/mol. The van der Waals surface area contributed by atoms with E-state index in [1.165, 1.54) is 6.66 Å². The van der Waals surface area contributed by atoms with Crippen molar-refractivity contribution in [2.24, 2.45) is 0 Å². The van der Waals surface area contributed by atoms with Crippen LogP contribution >= 0.6 is 7.60 Å². The molecule has 0 saturated heterocycles. The van der Waals surface area contributed by atoms with Crippen molar-refractivity contribution in [3.05, 3.63) is 11.9 Å².